The Kier molecular flexibility index (Phi) is 5.65. The first-order chi connectivity index (χ1) is 14.0. The molecule has 0 saturated carbocycles. The third kappa shape index (κ3) is 4.35. The average Bonchev–Trinajstić information content (AvgIpc) is 2.99. The van der Waals surface area contributed by atoms with Crippen LogP contribution >= 0.6 is 0 Å². The van der Waals surface area contributed by atoms with Crippen LogP contribution in [0.5, 0.6) is 0 Å². The number of carbonyl (C=O) groups is 2. The number of pyridine rings is 1. The number of anilines is 2. The zero-order valence-corrected chi connectivity index (χ0v) is 18.6. The van der Waals surface area contributed by atoms with Crippen molar-refractivity contribution in [2.24, 2.45) is 0 Å². The highest BCUT2D eigenvalue weighted by Gasteiger charge is 2.25. The van der Waals surface area contributed by atoms with Gasteiger partial charge in [-0.15, -0.1) is 0 Å². The maximum Gasteiger partial charge on any atom is 0.256 e. The van der Waals surface area contributed by atoms with Gasteiger partial charge in [-0.2, -0.15) is 5.10 Å². The molecule has 2 N–H and O–H groups in total. The first-order valence-electron chi connectivity index (χ1n) is 10.1. The summed E-state index contributed by atoms with van der Waals surface area (Å²) < 4.78 is 1.89. The molecule has 0 aliphatic carbocycles. The highest BCUT2D eigenvalue weighted by Crippen LogP contribution is 2.29. The lowest BCUT2D eigenvalue weighted by atomic mass is 10.0. The van der Waals surface area contributed by atoms with Crippen molar-refractivity contribution in [2.45, 2.75) is 59.9 Å². The molecular formula is C23H29N5O2. The second-order valence-corrected chi connectivity index (χ2v) is 8.83. The quantitative estimate of drug-likeness (QED) is 0.648. The molecule has 0 spiro atoms. The highest BCUT2D eigenvalue weighted by atomic mass is 16.2. The van der Waals surface area contributed by atoms with E-state index < -0.39 is 0 Å². The fourth-order valence-corrected chi connectivity index (χ4v) is 3.29. The number of aromatic nitrogens is 3. The summed E-state index contributed by atoms with van der Waals surface area (Å²) in [6.07, 6.45) is 0. The summed E-state index contributed by atoms with van der Waals surface area (Å²) in [5.41, 5.74) is 3.96. The second-order valence-electron chi connectivity index (χ2n) is 8.83. The molecular weight excluding hydrogens is 378 g/mol. The van der Waals surface area contributed by atoms with Crippen LogP contribution in [0.1, 0.15) is 69.2 Å². The maximum atomic E-state index is 13.2. The predicted octanol–water partition coefficient (Wildman–Crippen LogP) is 4.83. The summed E-state index contributed by atoms with van der Waals surface area (Å²) >= 11 is 0. The van der Waals surface area contributed by atoms with Crippen molar-refractivity contribution >= 4 is 34.2 Å². The molecule has 2 heterocycles. The van der Waals surface area contributed by atoms with Gasteiger partial charge < -0.3 is 10.6 Å². The van der Waals surface area contributed by atoms with Crippen LogP contribution in [0.4, 0.5) is 11.4 Å². The Morgan fingerprint density at radius 1 is 1.03 bits per heavy atom. The summed E-state index contributed by atoms with van der Waals surface area (Å²) in [4.78, 5) is 29.2. The van der Waals surface area contributed by atoms with Crippen molar-refractivity contribution in [1.29, 1.82) is 0 Å². The van der Waals surface area contributed by atoms with Gasteiger partial charge in [-0.1, -0.05) is 13.8 Å². The van der Waals surface area contributed by atoms with E-state index in [-0.39, 0.29) is 23.3 Å². The molecule has 0 atom stereocenters. The lowest BCUT2D eigenvalue weighted by Gasteiger charge is -2.20. The predicted molar refractivity (Wildman–Crippen MR) is 120 cm³/mol. The third-order valence-corrected chi connectivity index (χ3v) is 4.77. The second kappa shape index (κ2) is 7.89. The summed E-state index contributed by atoms with van der Waals surface area (Å²) in [7, 11) is 0. The smallest absolute Gasteiger partial charge is 0.256 e. The molecule has 0 radical (unpaired) electrons. The Labute approximate surface area is 176 Å². The van der Waals surface area contributed by atoms with Gasteiger partial charge in [0.15, 0.2) is 5.65 Å². The molecule has 2 aromatic heterocycles. The lowest BCUT2D eigenvalue weighted by molar-refractivity contribution is -0.114. The number of benzene rings is 1. The van der Waals surface area contributed by atoms with E-state index in [9.17, 15) is 9.59 Å². The normalized spacial score (nSPS) is 11.7. The van der Waals surface area contributed by atoms with Crippen LogP contribution in [0.25, 0.3) is 11.0 Å². The van der Waals surface area contributed by atoms with Crippen molar-refractivity contribution < 1.29 is 9.59 Å². The number of nitrogens with one attached hydrogen (secondary N) is 2. The first kappa shape index (κ1) is 21.5. The topological polar surface area (TPSA) is 88.9 Å². The Balaban J connectivity index is 2.04. The highest BCUT2D eigenvalue weighted by molar-refractivity contribution is 6.12. The van der Waals surface area contributed by atoms with Crippen LogP contribution in [-0.4, -0.2) is 26.6 Å². The summed E-state index contributed by atoms with van der Waals surface area (Å²) in [6.45, 7) is 13.7. The van der Waals surface area contributed by atoms with Gasteiger partial charge in [0.25, 0.3) is 5.91 Å². The first-order valence-corrected chi connectivity index (χ1v) is 10.1. The number of aryl methyl sites for hydroxylation is 1. The maximum absolute atomic E-state index is 13.2. The molecule has 0 fully saturated rings. The van der Waals surface area contributed by atoms with E-state index in [4.69, 9.17) is 4.98 Å². The molecule has 7 nitrogen and oxygen atoms in total. The molecule has 3 aromatic rings. The molecule has 30 heavy (non-hydrogen) atoms. The van der Waals surface area contributed by atoms with Crippen LogP contribution in [0.15, 0.2) is 30.3 Å². The van der Waals surface area contributed by atoms with Gasteiger partial charge in [-0.25, -0.2) is 9.67 Å². The Morgan fingerprint density at radius 2 is 1.60 bits per heavy atom. The largest absolute Gasteiger partial charge is 0.326 e. The molecule has 2 amide bonds. The number of amides is 2. The van der Waals surface area contributed by atoms with Gasteiger partial charge >= 0.3 is 0 Å². The van der Waals surface area contributed by atoms with Crippen molar-refractivity contribution in [3.05, 3.63) is 47.3 Å². The fourth-order valence-electron chi connectivity index (χ4n) is 3.29. The van der Waals surface area contributed by atoms with Gasteiger partial charge in [0.05, 0.1) is 22.2 Å². The molecule has 1 aromatic carbocycles. The van der Waals surface area contributed by atoms with Crippen LogP contribution in [-0.2, 0) is 10.3 Å². The van der Waals surface area contributed by atoms with Crippen LogP contribution in [0.3, 0.4) is 0 Å². The third-order valence-electron chi connectivity index (χ3n) is 4.77. The Bertz CT molecular complexity index is 1110. The number of hydrogen-bond donors (Lipinski definition) is 2. The van der Waals surface area contributed by atoms with Crippen molar-refractivity contribution in [1.82, 2.24) is 14.8 Å². The van der Waals surface area contributed by atoms with Gasteiger partial charge in [0.2, 0.25) is 5.91 Å². The van der Waals surface area contributed by atoms with E-state index >= 15 is 0 Å². The molecule has 0 aliphatic rings. The van der Waals surface area contributed by atoms with Gasteiger partial charge in [0.1, 0.15) is 0 Å². The van der Waals surface area contributed by atoms with Crippen molar-refractivity contribution in [3.8, 4) is 0 Å². The SMILES string of the molecule is CC(=O)Nc1ccc(NC(=O)c2cc(C(C)C)nc3c2c(C)nn3C(C)(C)C)cc1. The van der Waals surface area contributed by atoms with Crippen LogP contribution in [0.2, 0.25) is 0 Å². The zero-order valence-electron chi connectivity index (χ0n) is 18.6. The average molecular weight is 408 g/mol. The minimum Gasteiger partial charge on any atom is -0.326 e. The number of fused-ring (bicyclic) bond motifs is 1. The van der Waals surface area contributed by atoms with E-state index in [0.29, 0.717) is 16.9 Å². The number of carbonyl (C=O) groups excluding carboxylic acids is 2. The Hall–Kier alpha value is -3.22. The molecule has 158 valence electrons. The van der Waals surface area contributed by atoms with Crippen LogP contribution in [0, 0.1) is 6.92 Å². The monoisotopic (exact) mass is 407 g/mol. The molecule has 0 aliphatic heterocycles. The summed E-state index contributed by atoms with van der Waals surface area (Å²) in [5.74, 6) is -0.187. The minimum absolute atomic E-state index is 0.140. The van der Waals surface area contributed by atoms with E-state index in [1.54, 1.807) is 24.3 Å². The van der Waals surface area contributed by atoms with Crippen molar-refractivity contribution in [3.63, 3.8) is 0 Å². The summed E-state index contributed by atoms with van der Waals surface area (Å²) in [5, 5.41) is 11.1. The minimum atomic E-state index is -0.262. The molecule has 0 unspecified atom stereocenters. The summed E-state index contributed by atoms with van der Waals surface area (Å²) in [6, 6.07) is 8.88. The van der Waals surface area contributed by atoms with E-state index in [1.807, 2.05) is 17.7 Å². The molecule has 0 bridgehead atoms. The zero-order chi connectivity index (χ0) is 22.2. The van der Waals surface area contributed by atoms with E-state index in [2.05, 4.69) is 50.4 Å². The van der Waals surface area contributed by atoms with E-state index in [1.165, 1.54) is 6.92 Å². The lowest BCUT2D eigenvalue weighted by Crippen LogP contribution is -2.24. The van der Waals surface area contributed by atoms with Crippen LogP contribution < -0.4 is 10.6 Å². The Morgan fingerprint density at radius 3 is 2.10 bits per heavy atom. The van der Waals surface area contributed by atoms with Gasteiger partial charge in [-0.05, 0) is 63.9 Å². The van der Waals surface area contributed by atoms with Crippen molar-refractivity contribution in [2.75, 3.05) is 10.6 Å². The fraction of sp³-hybridized carbons (Fsp3) is 0.391. The number of hydrogen-bond acceptors (Lipinski definition) is 4. The van der Waals surface area contributed by atoms with Gasteiger partial charge in [-0.3, -0.25) is 9.59 Å². The molecule has 0 saturated heterocycles. The van der Waals surface area contributed by atoms with E-state index in [0.717, 1.165) is 22.4 Å². The molecule has 7 heteroatoms. The number of nitrogens with zero attached hydrogens (tertiary/aromatic N) is 3. The molecule has 3 rings (SSSR count). The standard InChI is InChI=1S/C23H29N5O2/c1-13(2)19-12-18(20-14(3)27-28(21(20)26-19)23(5,6)7)22(30)25-17-10-8-16(9-11-17)24-15(4)29/h8-13H,1-7H3,(H,24,29)(H,25,30). The number of rotatable bonds is 4. The van der Waals surface area contributed by atoms with Gasteiger partial charge in [0, 0.05) is 24.0 Å².